The Morgan fingerprint density at radius 2 is 2.00 bits per heavy atom. The van der Waals surface area contributed by atoms with Crippen LogP contribution >= 0.6 is 23.2 Å². The molecule has 1 amide bonds. The van der Waals surface area contributed by atoms with Crippen molar-refractivity contribution in [2.24, 2.45) is 5.92 Å². The molecule has 2 rings (SSSR count). The van der Waals surface area contributed by atoms with Crippen LogP contribution in [0.15, 0.2) is 12.1 Å². The van der Waals surface area contributed by atoms with Crippen LogP contribution in [0.4, 0.5) is 0 Å². The van der Waals surface area contributed by atoms with E-state index in [1.807, 2.05) is 0 Å². The molecular weight excluding hydrogens is 249 g/mol. The minimum Gasteiger partial charge on any atom is -0.508 e. The summed E-state index contributed by atoms with van der Waals surface area (Å²) in [5.41, 5.74) is 0.725. The molecule has 0 aliphatic carbocycles. The van der Waals surface area contributed by atoms with Gasteiger partial charge in [0.25, 0.3) is 0 Å². The first-order valence-electron chi connectivity index (χ1n) is 5.02. The summed E-state index contributed by atoms with van der Waals surface area (Å²) in [5, 5.41) is 12.9. The van der Waals surface area contributed by atoms with Gasteiger partial charge in [-0.2, -0.15) is 0 Å². The Morgan fingerprint density at radius 3 is 2.50 bits per heavy atom. The molecule has 0 aromatic heterocycles. The average Bonchev–Trinajstić information content (AvgIpc) is 2.57. The summed E-state index contributed by atoms with van der Waals surface area (Å²) >= 11 is 12.0. The van der Waals surface area contributed by atoms with Crippen LogP contribution in [0.25, 0.3) is 0 Å². The van der Waals surface area contributed by atoms with Crippen LogP contribution in [0.1, 0.15) is 12.0 Å². The van der Waals surface area contributed by atoms with E-state index in [0.29, 0.717) is 23.0 Å². The Balaban J connectivity index is 2.24. The lowest BCUT2D eigenvalue weighted by molar-refractivity contribution is -0.122. The van der Waals surface area contributed by atoms with Crippen LogP contribution < -0.4 is 5.32 Å². The summed E-state index contributed by atoms with van der Waals surface area (Å²) in [7, 11) is 0. The van der Waals surface area contributed by atoms with Gasteiger partial charge in [-0.15, -0.1) is 0 Å². The first kappa shape index (κ1) is 11.6. The second-order valence-corrected chi connectivity index (χ2v) is 4.68. The molecule has 1 aliphatic rings. The molecular formula is C11H11Cl2NO2. The Hall–Kier alpha value is -0.930. The molecule has 1 atom stereocenters. The van der Waals surface area contributed by atoms with Crippen molar-refractivity contribution < 1.29 is 9.90 Å². The molecule has 1 saturated heterocycles. The summed E-state index contributed by atoms with van der Waals surface area (Å²) in [6.45, 7) is 0.705. The third-order valence-corrected chi connectivity index (χ3v) is 3.41. The first-order chi connectivity index (χ1) is 7.58. The third kappa shape index (κ3) is 2.25. The van der Waals surface area contributed by atoms with E-state index >= 15 is 0 Å². The molecule has 5 heteroatoms. The zero-order chi connectivity index (χ0) is 11.7. The Bertz CT molecular complexity index is 411. The highest BCUT2D eigenvalue weighted by Crippen LogP contribution is 2.32. The molecule has 0 bridgehead atoms. The zero-order valence-corrected chi connectivity index (χ0v) is 9.98. The van der Waals surface area contributed by atoms with Crippen molar-refractivity contribution in [2.45, 2.75) is 12.8 Å². The predicted molar refractivity (Wildman–Crippen MR) is 62.9 cm³/mol. The number of phenols is 1. The van der Waals surface area contributed by atoms with Gasteiger partial charge < -0.3 is 10.4 Å². The lowest BCUT2D eigenvalue weighted by atomic mass is 9.98. The highest BCUT2D eigenvalue weighted by molar-refractivity contribution is 6.36. The minimum absolute atomic E-state index is 0.0367. The first-order valence-corrected chi connectivity index (χ1v) is 5.78. The fourth-order valence-electron chi connectivity index (χ4n) is 1.87. The minimum atomic E-state index is -0.0699. The molecule has 1 aromatic carbocycles. The lowest BCUT2D eigenvalue weighted by Crippen LogP contribution is -2.20. The largest absolute Gasteiger partial charge is 0.508 e. The van der Waals surface area contributed by atoms with Gasteiger partial charge in [-0.1, -0.05) is 23.2 Å². The number of aromatic hydroxyl groups is 1. The maximum Gasteiger partial charge on any atom is 0.223 e. The maximum atomic E-state index is 11.4. The molecule has 16 heavy (non-hydrogen) atoms. The topological polar surface area (TPSA) is 49.3 Å². The zero-order valence-electron chi connectivity index (χ0n) is 8.46. The van der Waals surface area contributed by atoms with Crippen molar-refractivity contribution in [1.29, 1.82) is 0 Å². The number of benzene rings is 1. The van der Waals surface area contributed by atoms with Crippen molar-refractivity contribution in [1.82, 2.24) is 5.32 Å². The molecule has 0 radical (unpaired) electrons. The molecule has 0 saturated carbocycles. The molecule has 1 heterocycles. The van der Waals surface area contributed by atoms with Gasteiger partial charge >= 0.3 is 0 Å². The standard InChI is InChI=1S/C11H11Cl2NO2/c12-9-4-7(15)5-10(13)8(9)3-6-1-2-14-11(6)16/h4-6,15H,1-3H2,(H,14,16). The number of hydrogen-bond donors (Lipinski definition) is 2. The number of halogens is 2. The molecule has 2 N–H and O–H groups in total. The average molecular weight is 260 g/mol. The van der Waals surface area contributed by atoms with E-state index in [1.165, 1.54) is 12.1 Å². The molecule has 1 aliphatic heterocycles. The Morgan fingerprint density at radius 1 is 1.38 bits per heavy atom. The number of carbonyl (C=O) groups is 1. The normalized spacial score (nSPS) is 19.9. The van der Waals surface area contributed by atoms with Gasteiger partial charge in [0.2, 0.25) is 5.91 Å². The summed E-state index contributed by atoms with van der Waals surface area (Å²) < 4.78 is 0. The number of nitrogens with one attached hydrogen (secondary N) is 1. The van der Waals surface area contributed by atoms with Crippen LogP contribution in [0.2, 0.25) is 10.0 Å². The molecule has 3 nitrogen and oxygen atoms in total. The van der Waals surface area contributed by atoms with Gasteiger partial charge in [-0.3, -0.25) is 4.79 Å². The van der Waals surface area contributed by atoms with Gasteiger partial charge in [-0.05, 0) is 30.5 Å². The van der Waals surface area contributed by atoms with Crippen molar-refractivity contribution in [3.8, 4) is 5.75 Å². The number of phenolic OH excluding ortho intramolecular Hbond substituents is 1. The van der Waals surface area contributed by atoms with Gasteiger partial charge in [0.15, 0.2) is 0 Å². The fourth-order valence-corrected chi connectivity index (χ4v) is 2.50. The second kappa shape index (κ2) is 4.52. The maximum absolute atomic E-state index is 11.4. The van der Waals surface area contributed by atoms with E-state index in [2.05, 4.69) is 5.32 Å². The van der Waals surface area contributed by atoms with E-state index in [1.54, 1.807) is 0 Å². The Labute approximate surface area is 103 Å². The molecule has 1 fully saturated rings. The quantitative estimate of drug-likeness (QED) is 0.857. The van der Waals surface area contributed by atoms with Crippen LogP contribution in [0.5, 0.6) is 5.75 Å². The molecule has 0 spiro atoms. The summed E-state index contributed by atoms with van der Waals surface area (Å²) in [6, 6.07) is 2.88. The summed E-state index contributed by atoms with van der Waals surface area (Å²) in [4.78, 5) is 11.4. The number of hydrogen-bond acceptors (Lipinski definition) is 2. The number of amides is 1. The molecule has 1 aromatic rings. The van der Waals surface area contributed by atoms with Crippen LogP contribution in [0.3, 0.4) is 0 Å². The number of rotatable bonds is 2. The smallest absolute Gasteiger partial charge is 0.223 e. The highest BCUT2D eigenvalue weighted by Gasteiger charge is 2.25. The fraction of sp³-hybridized carbons (Fsp3) is 0.364. The van der Waals surface area contributed by atoms with Gasteiger partial charge in [0.05, 0.1) is 0 Å². The highest BCUT2D eigenvalue weighted by atomic mass is 35.5. The van der Waals surface area contributed by atoms with Crippen molar-refractivity contribution in [3.05, 3.63) is 27.7 Å². The summed E-state index contributed by atoms with van der Waals surface area (Å²) in [5.74, 6) is 0.00868. The van der Waals surface area contributed by atoms with Gasteiger partial charge in [-0.25, -0.2) is 0 Å². The summed E-state index contributed by atoms with van der Waals surface area (Å²) in [6.07, 6.45) is 1.32. The third-order valence-electron chi connectivity index (χ3n) is 2.74. The van der Waals surface area contributed by atoms with Crippen LogP contribution in [-0.2, 0) is 11.2 Å². The van der Waals surface area contributed by atoms with Crippen molar-refractivity contribution in [2.75, 3.05) is 6.54 Å². The van der Waals surface area contributed by atoms with E-state index in [9.17, 15) is 9.90 Å². The van der Waals surface area contributed by atoms with Crippen molar-refractivity contribution in [3.63, 3.8) is 0 Å². The Kier molecular flexibility index (Phi) is 3.26. The van der Waals surface area contributed by atoms with Crippen LogP contribution in [0, 0.1) is 5.92 Å². The second-order valence-electron chi connectivity index (χ2n) is 3.87. The van der Waals surface area contributed by atoms with Crippen molar-refractivity contribution >= 4 is 29.1 Å². The molecule has 1 unspecified atom stereocenters. The predicted octanol–water partition coefficient (Wildman–Crippen LogP) is 2.38. The SMILES string of the molecule is O=C1NCCC1Cc1c(Cl)cc(O)cc1Cl. The van der Waals surface area contributed by atoms with E-state index in [0.717, 1.165) is 12.0 Å². The van der Waals surface area contributed by atoms with Crippen LogP contribution in [-0.4, -0.2) is 17.6 Å². The van der Waals surface area contributed by atoms with E-state index in [4.69, 9.17) is 23.2 Å². The molecule has 86 valence electrons. The lowest BCUT2D eigenvalue weighted by Gasteiger charge is -2.11. The van der Waals surface area contributed by atoms with Gasteiger partial charge in [0.1, 0.15) is 5.75 Å². The van der Waals surface area contributed by atoms with Gasteiger partial charge in [0, 0.05) is 22.5 Å². The van der Waals surface area contributed by atoms with E-state index in [-0.39, 0.29) is 17.6 Å². The monoisotopic (exact) mass is 259 g/mol. The van der Waals surface area contributed by atoms with E-state index < -0.39 is 0 Å². The number of carbonyl (C=O) groups excluding carboxylic acids is 1.